The van der Waals surface area contributed by atoms with Gasteiger partial charge in [0, 0.05) is 30.9 Å². The average molecular weight is 487 g/mol. The topological polar surface area (TPSA) is 84.8 Å². The number of urea groups is 1. The van der Waals surface area contributed by atoms with Crippen molar-refractivity contribution in [3.05, 3.63) is 41.0 Å². The van der Waals surface area contributed by atoms with E-state index in [2.05, 4.69) is 29.0 Å². The van der Waals surface area contributed by atoms with Gasteiger partial charge in [0.05, 0.1) is 23.4 Å². The fourth-order valence-electron chi connectivity index (χ4n) is 5.03. The molecule has 0 spiro atoms. The second-order valence-corrected chi connectivity index (χ2v) is 10.9. The smallest absolute Gasteiger partial charge is 0.330 e. The van der Waals surface area contributed by atoms with Crippen LogP contribution in [0.3, 0.4) is 0 Å². The molecule has 1 aromatic heterocycles. The summed E-state index contributed by atoms with van der Waals surface area (Å²) in [6.07, 6.45) is 4.90. The van der Waals surface area contributed by atoms with Gasteiger partial charge in [-0.1, -0.05) is 37.6 Å². The Bertz CT molecular complexity index is 1020. The molecule has 0 atom stereocenters. The van der Waals surface area contributed by atoms with Gasteiger partial charge in [0.2, 0.25) is 5.95 Å². The second kappa shape index (κ2) is 10.1. The van der Waals surface area contributed by atoms with Gasteiger partial charge in [-0.2, -0.15) is 4.98 Å². The first-order chi connectivity index (χ1) is 16.1. The number of nitrogens with one attached hydrogen (secondary N) is 1. The Morgan fingerprint density at radius 2 is 1.91 bits per heavy atom. The van der Waals surface area contributed by atoms with Crippen LogP contribution >= 0.6 is 11.6 Å². The van der Waals surface area contributed by atoms with Crippen LogP contribution in [0.15, 0.2) is 30.5 Å². The molecule has 0 saturated heterocycles. The van der Waals surface area contributed by atoms with Gasteiger partial charge < -0.3 is 15.3 Å². The number of rotatable bonds is 7. The molecular weight excluding hydrogens is 452 g/mol. The zero-order valence-corrected chi connectivity index (χ0v) is 21.2. The highest BCUT2D eigenvalue weighted by molar-refractivity contribution is 6.34. The van der Waals surface area contributed by atoms with Crippen LogP contribution in [0, 0.1) is 5.41 Å². The first-order valence-electron chi connectivity index (χ1n) is 11.9. The van der Waals surface area contributed by atoms with Gasteiger partial charge >= 0.3 is 6.03 Å². The monoisotopic (exact) mass is 486 g/mol. The Morgan fingerprint density at radius 3 is 2.59 bits per heavy atom. The first kappa shape index (κ1) is 24.7. The third-order valence-electron chi connectivity index (χ3n) is 6.39. The number of fused-ring (bicyclic) bond motifs is 1. The van der Waals surface area contributed by atoms with Crippen LogP contribution in [-0.4, -0.2) is 65.3 Å². The van der Waals surface area contributed by atoms with Crippen LogP contribution in [0.5, 0.6) is 0 Å². The summed E-state index contributed by atoms with van der Waals surface area (Å²) in [5.74, 6) is 1.17. The molecule has 1 aliphatic carbocycles. The van der Waals surface area contributed by atoms with Gasteiger partial charge in [-0.25, -0.2) is 9.78 Å². The summed E-state index contributed by atoms with van der Waals surface area (Å²) in [7, 11) is 4.07. The molecule has 2 heterocycles. The predicted molar refractivity (Wildman–Crippen MR) is 137 cm³/mol. The van der Waals surface area contributed by atoms with Gasteiger partial charge in [0.15, 0.2) is 0 Å². The molecule has 1 saturated carbocycles. The van der Waals surface area contributed by atoms with Crippen molar-refractivity contribution in [2.24, 2.45) is 5.41 Å². The molecule has 2 aliphatic rings. The molecule has 184 valence electrons. The van der Waals surface area contributed by atoms with E-state index in [1.165, 1.54) is 0 Å². The highest BCUT2D eigenvalue weighted by atomic mass is 35.5. The van der Waals surface area contributed by atoms with Gasteiger partial charge in [0.1, 0.15) is 5.82 Å². The van der Waals surface area contributed by atoms with E-state index in [1.807, 2.05) is 38.5 Å². The summed E-state index contributed by atoms with van der Waals surface area (Å²) in [5, 5.41) is 13.8. The average Bonchev–Trinajstić information content (AvgIpc) is 2.77. The lowest BCUT2D eigenvalue weighted by molar-refractivity contribution is 0.126. The number of para-hydroxylation sites is 1. The molecule has 4 rings (SSSR count). The third-order valence-corrected chi connectivity index (χ3v) is 6.71. The number of nitrogens with zero attached hydrogens (tertiary/aromatic N) is 5. The number of amides is 2. The van der Waals surface area contributed by atoms with Crippen LogP contribution in [0.4, 0.5) is 22.2 Å². The Labute approximate surface area is 206 Å². The first-order valence-corrected chi connectivity index (χ1v) is 12.3. The minimum absolute atomic E-state index is 0.141. The normalized spacial score (nSPS) is 21.1. The fourth-order valence-corrected chi connectivity index (χ4v) is 5.26. The summed E-state index contributed by atoms with van der Waals surface area (Å²) in [6, 6.07) is 7.48. The summed E-state index contributed by atoms with van der Waals surface area (Å²) < 4.78 is 0. The molecule has 2 aromatic rings. The molecule has 1 aliphatic heterocycles. The molecular formula is C25H35ClN6O2. The van der Waals surface area contributed by atoms with Crippen LogP contribution in [-0.2, 0) is 6.54 Å². The molecule has 1 fully saturated rings. The highest BCUT2D eigenvalue weighted by Gasteiger charge is 2.37. The highest BCUT2D eigenvalue weighted by Crippen LogP contribution is 2.36. The van der Waals surface area contributed by atoms with Crippen molar-refractivity contribution in [3.63, 3.8) is 0 Å². The van der Waals surface area contributed by atoms with Gasteiger partial charge in [-0.05, 0) is 57.3 Å². The van der Waals surface area contributed by atoms with E-state index in [0.717, 1.165) is 37.8 Å². The van der Waals surface area contributed by atoms with E-state index >= 15 is 0 Å². The van der Waals surface area contributed by atoms with Crippen molar-refractivity contribution in [3.8, 4) is 0 Å². The zero-order chi connectivity index (χ0) is 24.5. The van der Waals surface area contributed by atoms with Crippen LogP contribution in [0.2, 0.25) is 5.02 Å². The number of benzene rings is 1. The standard InChI is InChI=1S/C25H35ClN6O2/c1-25(2,15-30(3)4)16-32-22-17(14-31(24(32)34)21-8-6-5-7-20(21)26)13-27-23(29-22)28-18-9-11-19(33)12-10-18/h5-8,13,18-19,33H,9-12,14-16H2,1-4H3,(H,27,28,29)/t18-,19-. The molecule has 8 nitrogen and oxygen atoms in total. The van der Waals surface area contributed by atoms with Gasteiger partial charge in [-0.3, -0.25) is 9.80 Å². The maximum absolute atomic E-state index is 13.8. The molecule has 1 aromatic carbocycles. The molecule has 0 bridgehead atoms. The van der Waals surface area contributed by atoms with Crippen molar-refractivity contribution >= 4 is 35.1 Å². The summed E-state index contributed by atoms with van der Waals surface area (Å²) >= 11 is 6.47. The number of carbonyl (C=O) groups is 1. The van der Waals surface area contributed by atoms with E-state index in [4.69, 9.17) is 16.6 Å². The Hall–Kier alpha value is -2.42. The zero-order valence-electron chi connectivity index (χ0n) is 20.5. The van der Waals surface area contributed by atoms with Crippen molar-refractivity contribution in [2.75, 3.05) is 42.3 Å². The number of aromatic nitrogens is 2. The van der Waals surface area contributed by atoms with E-state index < -0.39 is 0 Å². The van der Waals surface area contributed by atoms with E-state index in [-0.39, 0.29) is 23.6 Å². The van der Waals surface area contributed by atoms with Crippen LogP contribution < -0.4 is 15.1 Å². The van der Waals surface area contributed by atoms with Crippen LogP contribution in [0.25, 0.3) is 0 Å². The quantitative estimate of drug-likeness (QED) is 0.604. The number of halogens is 1. The van der Waals surface area contributed by atoms with Crippen molar-refractivity contribution in [1.29, 1.82) is 0 Å². The SMILES string of the molecule is CN(C)CC(C)(C)CN1C(=O)N(c2ccccc2Cl)Cc2cnc(N[C@H]3CC[C@H](O)CC3)nc21. The predicted octanol–water partition coefficient (Wildman–Crippen LogP) is 4.38. The van der Waals surface area contributed by atoms with Gasteiger partial charge in [0.25, 0.3) is 0 Å². The molecule has 2 N–H and O–H groups in total. The lowest BCUT2D eigenvalue weighted by Crippen LogP contribution is -2.52. The second-order valence-electron chi connectivity index (χ2n) is 10.5. The Balaban J connectivity index is 1.66. The van der Waals surface area contributed by atoms with Crippen molar-refractivity contribution in [1.82, 2.24) is 14.9 Å². The molecule has 0 radical (unpaired) electrons. The Kier molecular flexibility index (Phi) is 7.31. The Morgan fingerprint density at radius 1 is 1.21 bits per heavy atom. The number of aliphatic hydroxyl groups excluding tert-OH is 1. The number of carbonyl (C=O) groups excluding carboxylic acids is 1. The summed E-state index contributed by atoms with van der Waals surface area (Å²) in [6.45, 7) is 5.99. The molecule has 9 heteroatoms. The minimum Gasteiger partial charge on any atom is -0.393 e. The number of anilines is 3. The lowest BCUT2D eigenvalue weighted by atomic mass is 9.91. The van der Waals surface area contributed by atoms with E-state index in [1.54, 1.807) is 15.9 Å². The van der Waals surface area contributed by atoms with E-state index in [0.29, 0.717) is 35.6 Å². The van der Waals surface area contributed by atoms with Crippen molar-refractivity contribution in [2.45, 2.75) is 58.2 Å². The minimum atomic E-state index is -0.217. The molecule has 0 unspecified atom stereocenters. The number of aliphatic hydroxyl groups is 1. The summed E-state index contributed by atoms with van der Waals surface area (Å²) in [5.41, 5.74) is 1.39. The molecule has 2 amide bonds. The van der Waals surface area contributed by atoms with Gasteiger partial charge in [-0.15, -0.1) is 0 Å². The van der Waals surface area contributed by atoms with Crippen molar-refractivity contribution < 1.29 is 9.90 Å². The lowest BCUT2D eigenvalue weighted by Gasteiger charge is -2.40. The number of hydrogen-bond donors (Lipinski definition) is 2. The third kappa shape index (κ3) is 5.62. The molecule has 34 heavy (non-hydrogen) atoms. The fraction of sp³-hybridized carbons (Fsp3) is 0.560. The van der Waals surface area contributed by atoms with Crippen LogP contribution in [0.1, 0.15) is 45.1 Å². The maximum Gasteiger partial charge on any atom is 0.330 e. The summed E-state index contributed by atoms with van der Waals surface area (Å²) in [4.78, 5) is 28.8. The maximum atomic E-state index is 13.8. The van der Waals surface area contributed by atoms with E-state index in [9.17, 15) is 9.90 Å². The number of hydrogen-bond acceptors (Lipinski definition) is 6. The largest absolute Gasteiger partial charge is 0.393 e.